The molecule has 1 aliphatic heterocycles. The monoisotopic (exact) mass is 430 g/mol. The van der Waals surface area contributed by atoms with Gasteiger partial charge in [0.15, 0.2) is 5.82 Å². The minimum atomic E-state index is -0.108. The van der Waals surface area contributed by atoms with Crippen LogP contribution in [-0.2, 0) is 0 Å². The molecule has 1 atom stereocenters. The average Bonchev–Trinajstić information content (AvgIpc) is 2.85. The number of nitrogens with one attached hydrogen (secondary N) is 1. The summed E-state index contributed by atoms with van der Waals surface area (Å²) in [4.78, 5) is 24.3. The number of ether oxygens (including phenoxy) is 1. The zero-order valence-corrected chi connectivity index (χ0v) is 18.8. The van der Waals surface area contributed by atoms with E-state index in [1.165, 1.54) is 19.3 Å². The number of carbonyl (C=O) groups is 1. The summed E-state index contributed by atoms with van der Waals surface area (Å²) in [5, 5.41) is 3.07. The standard InChI is InChI=1S/C26H30N4O2/c1-3-32-23-13-11-20(12-14-23)19(2)29-26(31)22-9-7-21(8-10-22)24-25(28-16-15-27-24)30-17-5-4-6-18-30/h7-16,19H,3-6,17-18H2,1-2H3,(H,29,31). The SMILES string of the molecule is CCOc1ccc(C(C)NC(=O)c2ccc(-c3nccnc3N3CCCCC3)cc2)cc1. The van der Waals surface area contributed by atoms with Gasteiger partial charge < -0.3 is 15.0 Å². The van der Waals surface area contributed by atoms with Crippen molar-refractivity contribution in [1.29, 1.82) is 0 Å². The van der Waals surface area contributed by atoms with Gasteiger partial charge in [0.2, 0.25) is 0 Å². The van der Waals surface area contributed by atoms with Gasteiger partial charge >= 0.3 is 0 Å². The summed E-state index contributed by atoms with van der Waals surface area (Å²) >= 11 is 0. The summed E-state index contributed by atoms with van der Waals surface area (Å²) in [6.45, 7) is 6.59. The zero-order chi connectivity index (χ0) is 22.3. The van der Waals surface area contributed by atoms with Crippen LogP contribution in [0.15, 0.2) is 60.9 Å². The number of piperidine rings is 1. The predicted octanol–water partition coefficient (Wildman–Crippen LogP) is 5.02. The second-order valence-electron chi connectivity index (χ2n) is 8.05. The Morgan fingerprint density at radius 2 is 1.69 bits per heavy atom. The van der Waals surface area contributed by atoms with E-state index in [9.17, 15) is 4.79 Å². The van der Waals surface area contributed by atoms with Crippen molar-refractivity contribution in [1.82, 2.24) is 15.3 Å². The number of nitrogens with zero attached hydrogens (tertiary/aromatic N) is 3. The fraction of sp³-hybridized carbons (Fsp3) is 0.346. The lowest BCUT2D eigenvalue weighted by Crippen LogP contribution is -2.30. The van der Waals surface area contributed by atoms with E-state index in [1.807, 2.05) is 62.4 Å². The molecule has 0 saturated carbocycles. The normalized spacial score (nSPS) is 14.6. The van der Waals surface area contributed by atoms with Crippen molar-refractivity contribution in [3.8, 4) is 17.0 Å². The molecular weight excluding hydrogens is 400 g/mol. The molecule has 6 nitrogen and oxygen atoms in total. The van der Waals surface area contributed by atoms with Gasteiger partial charge in [-0.05, 0) is 62.9 Å². The topological polar surface area (TPSA) is 67.3 Å². The maximum Gasteiger partial charge on any atom is 0.251 e. The van der Waals surface area contributed by atoms with Gasteiger partial charge in [-0.3, -0.25) is 9.78 Å². The van der Waals surface area contributed by atoms with E-state index in [0.29, 0.717) is 12.2 Å². The van der Waals surface area contributed by atoms with Crippen LogP contribution in [0.5, 0.6) is 5.75 Å². The third-order valence-corrected chi connectivity index (χ3v) is 5.79. The summed E-state index contributed by atoms with van der Waals surface area (Å²) in [7, 11) is 0. The van der Waals surface area contributed by atoms with Crippen molar-refractivity contribution in [2.45, 2.75) is 39.2 Å². The molecule has 1 aliphatic rings. The highest BCUT2D eigenvalue weighted by Crippen LogP contribution is 2.29. The third kappa shape index (κ3) is 5.07. The van der Waals surface area contributed by atoms with Crippen molar-refractivity contribution < 1.29 is 9.53 Å². The molecule has 0 spiro atoms. The van der Waals surface area contributed by atoms with Crippen LogP contribution < -0.4 is 15.0 Å². The Kier molecular flexibility index (Phi) is 7.00. The molecule has 3 aromatic rings. The van der Waals surface area contributed by atoms with Crippen molar-refractivity contribution in [3.05, 3.63) is 72.1 Å². The van der Waals surface area contributed by atoms with Crippen LogP contribution in [0.4, 0.5) is 5.82 Å². The molecule has 1 fully saturated rings. The van der Waals surface area contributed by atoms with E-state index in [4.69, 9.17) is 4.74 Å². The maximum absolute atomic E-state index is 12.8. The Morgan fingerprint density at radius 3 is 2.38 bits per heavy atom. The molecule has 0 radical (unpaired) electrons. The Bertz CT molecular complexity index is 1030. The smallest absolute Gasteiger partial charge is 0.251 e. The number of amides is 1. The Balaban J connectivity index is 1.45. The number of carbonyl (C=O) groups excluding carboxylic acids is 1. The Labute approximate surface area is 189 Å². The van der Waals surface area contributed by atoms with Crippen LogP contribution in [-0.4, -0.2) is 35.6 Å². The van der Waals surface area contributed by atoms with Gasteiger partial charge in [-0.25, -0.2) is 4.98 Å². The van der Waals surface area contributed by atoms with Gasteiger partial charge in [0.1, 0.15) is 11.4 Å². The zero-order valence-electron chi connectivity index (χ0n) is 18.8. The first-order valence-electron chi connectivity index (χ1n) is 11.4. The molecule has 2 heterocycles. The fourth-order valence-electron chi connectivity index (χ4n) is 4.03. The van der Waals surface area contributed by atoms with Gasteiger partial charge in [0.25, 0.3) is 5.91 Å². The summed E-state index contributed by atoms with van der Waals surface area (Å²) in [6, 6.07) is 15.3. The lowest BCUT2D eigenvalue weighted by Gasteiger charge is -2.28. The molecular formula is C26H30N4O2. The van der Waals surface area contributed by atoms with Crippen molar-refractivity contribution in [3.63, 3.8) is 0 Å². The highest BCUT2D eigenvalue weighted by molar-refractivity contribution is 5.95. The largest absolute Gasteiger partial charge is 0.494 e. The summed E-state index contributed by atoms with van der Waals surface area (Å²) in [5.41, 5.74) is 3.48. The van der Waals surface area contributed by atoms with Gasteiger partial charge in [0, 0.05) is 36.6 Å². The van der Waals surface area contributed by atoms with E-state index in [0.717, 1.165) is 41.5 Å². The minimum absolute atomic E-state index is 0.103. The minimum Gasteiger partial charge on any atom is -0.494 e. The van der Waals surface area contributed by atoms with E-state index in [-0.39, 0.29) is 11.9 Å². The number of benzene rings is 2. The molecule has 32 heavy (non-hydrogen) atoms. The number of hydrogen-bond acceptors (Lipinski definition) is 5. The van der Waals surface area contributed by atoms with Crippen molar-refractivity contribution in [2.75, 3.05) is 24.6 Å². The van der Waals surface area contributed by atoms with Gasteiger partial charge in [-0.15, -0.1) is 0 Å². The van der Waals surface area contributed by atoms with E-state index in [2.05, 4.69) is 20.2 Å². The molecule has 6 heteroatoms. The van der Waals surface area contributed by atoms with Crippen molar-refractivity contribution in [2.24, 2.45) is 0 Å². The maximum atomic E-state index is 12.8. The summed E-state index contributed by atoms with van der Waals surface area (Å²) in [5.74, 6) is 1.65. The first kappa shape index (κ1) is 21.8. The summed E-state index contributed by atoms with van der Waals surface area (Å²) < 4.78 is 5.49. The lowest BCUT2D eigenvalue weighted by atomic mass is 10.1. The second kappa shape index (κ2) is 10.3. The van der Waals surface area contributed by atoms with Gasteiger partial charge in [0.05, 0.1) is 12.6 Å². The van der Waals surface area contributed by atoms with E-state index >= 15 is 0 Å². The molecule has 4 rings (SSSR count). The first-order valence-corrected chi connectivity index (χ1v) is 11.4. The van der Waals surface area contributed by atoms with Crippen LogP contribution in [0.3, 0.4) is 0 Å². The van der Waals surface area contributed by atoms with Crippen molar-refractivity contribution >= 4 is 11.7 Å². The average molecular weight is 431 g/mol. The fourth-order valence-corrected chi connectivity index (χ4v) is 4.03. The Hall–Kier alpha value is -3.41. The highest BCUT2D eigenvalue weighted by atomic mass is 16.5. The molecule has 1 N–H and O–H groups in total. The van der Waals surface area contributed by atoms with Crippen LogP contribution in [0.25, 0.3) is 11.3 Å². The molecule has 0 bridgehead atoms. The molecule has 0 aliphatic carbocycles. The van der Waals surface area contributed by atoms with E-state index < -0.39 is 0 Å². The predicted molar refractivity (Wildman–Crippen MR) is 127 cm³/mol. The molecule has 1 aromatic heterocycles. The van der Waals surface area contributed by atoms with Crippen LogP contribution in [0.1, 0.15) is 55.1 Å². The number of hydrogen-bond donors (Lipinski definition) is 1. The lowest BCUT2D eigenvalue weighted by molar-refractivity contribution is 0.0940. The molecule has 166 valence electrons. The summed E-state index contributed by atoms with van der Waals surface area (Å²) in [6.07, 6.45) is 7.10. The molecule has 1 unspecified atom stereocenters. The first-order chi connectivity index (χ1) is 15.7. The molecule has 1 saturated heterocycles. The van der Waals surface area contributed by atoms with Crippen LogP contribution >= 0.6 is 0 Å². The molecule has 1 amide bonds. The number of anilines is 1. The highest BCUT2D eigenvalue weighted by Gasteiger charge is 2.18. The Morgan fingerprint density at radius 1 is 1.00 bits per heavy atom. The van der Waals surface area contributed by atoms with E-state index in [1.54, 1.807) is 12.4 Å². The van der Waals surface area contributed by atoms with Crippen LogP contribution in [0.2, 0.25) is 0 Å². The second-order valence-corrected chi connectivity index (χ2v) is 8.05. The third-order valence-electron chi connectivity index (χ3n) is 5.79. The van der Waals surface area contributed by atoms with Crippen LogP contribution in [0, 0.1) is 0 Å². The number of aromatic nitrogens is 2. The van der Waals surface area contributed by atoms with Gasteiger partial charge in [-0.2, -0.15) is 0 Å². The quantitative estimate of drug-likeness (QED) is 0.570. The number of rotatable bonds is 7. The molecule has 2 aromatic carbocycles. The van der Waals surface area contributed by atoms with Gasteiger partial charge in [-0.1, -0.05) is 24.3 Å².